The maximum absolute atomic E-state index is 3.67. The highest BCUT2D eigenvalue weighted by Crippen LogP contribution is 2.32. The fraction of sp³-hybridized carbons (Fsp3) is 0.600. The van der Waals surface area contributed by atoms with Crippen LogP contribution in [0.4, 0.5) is 0 Å². The van der Waals surface area contributed by atoms with Crippen LogP contribution in [-0.4, -0.2) is 4.83 Å². The summed E-state index contributed by atoms with van der Waals surface area (Å²) in [6.07, 6.45) is 2.55. The summed E-state index contributed by atoms with van der Waals surface area (Å²) in [7, 11) is 0. The van der Waals surface area contributed by atoms with Crippen molar-refractivity contribution in [3.05, 3.63) is 22.4 Å². The van der Waals surface area contributed by atoms with Gasteiger partial charge in [0, 0.05) is 15.6 Å². The summed E-state index contributed by atoms with van der Waals surface area (Å²) >= 11 is 5.54. The minimum atomic E-state index is 0.594. The van der Waals surface area contributed by atoms with E-state index in [4.69, 9.17) is 0 Å². The van der Waals surface area contributed by atoms with Gasteiger partial charge in [-0.25, -0.2) is 0 Å². The molecule has 1 rings (SSSR count). The fourth-order valence-electron chi connectivity index (χ4n) is 1.41. The summed E-state index contributed by atoms with van der Waals surface area (Å²) in [5.41, 5.74) is 0. The first kappa shape index (κ1) is 10.3. The molecule has 0 saturated carbocycles. The highest BCUT2D eigenvalue weighted by atomic mass is 79.9. The molecule has 12 heavy (non-hydrogen) atoms. The number of hydrogen-bond acceptors (Lipinski definition) is 1. The highest BCUT2D eigenvalue weighted by molar-refractivity contribution is 9.09. The van der Waals surface area contributed by atoms with Gasteiger partial charge in [-0.2, -0.15) is 0 Å². The first-order valence-electron chi connectivity index (χ1n) is 4.43. The number of hydrogen-bond donors (Lipinski definition) is 0. The van der Waals surface area contributed by atoms with Crippen LogP contribution in [0.15, 0.2) is 17.5 Å². The van der Waals surface area contributed by atoms with E-state index in [2.05, 4.69) is 47.3 Å². The first-order chi connectivity index (χ1) is 5.75. The molecule has 1 aromatic heterocycles. The van der Waals surface area contributed by atoms with Crippen molar-refractivity contribution in [1.82, 2.24) is 0 Å². The van der Waals surface area contributed by atoms with Gasteiger partial charge in [0.25, 0.3) is 0 Å². The molecule has 0 aliphatic heterocycles. The van der Waals surface area contributed by atoms with Gasteiger partial charge < -0.3 is 0 Å². The SMILES string of the molecule is CCCC(c1cccs1)C(C)Br. The van der Waals surface area contributed by atoms with E-state index in [9.17, 15) is 0 Å². The number of halogens is 1. The summed E-state index contributed by atoms with van der Waals surface area (Å²) in [6.45, 7) is 4.48. The molecule has 0 bridgehead atoms. The van der Waals surface area contributed by atoms with E-state index in [0.29, 0.717) is 10.7 Å². The van der Waals surface area contributed by atoms with Crippen molar-refractivity contribution >= 4 is 27.3 Å². The Kier molecular flexibility index (Phi) is 4.30. The molecule has 0 aromatic carbocycles. The Morgan fingerprint density at radius 3 is 2.75 bits per heavy atom. The molecule has 68 valence electrons. The van der Waals surface area contributed by atoms with Crippen molar-refractivity contribution < 1.29 is 0 Å². The van der Waals surface area contributed by atoms with Crippen molar-refractivity contribution in [1.29, 1.82) is 0 Å². The molecule has 0 amide bonds. The van der Waals surface area contributed by atoms with Crippen LogP contribution in [0, 0.1) is 0 Å². The molecule has 1 heterocycles. The molecule has 0 N–H and O–H groups in total. The lowest BCUT2D eigenvalue weighted by Crippen LogP contribution is -2.06. The first-order valence-corrected chi connectivity index (χ1v) is 6.22. The van der Waals surface area contributed by atoms with Crippen LogP contribution in [0.25, 0.3) is 0 Å². The lowest BCUT2D eigenvalue weighted by atomic mass is 9.99. The zero-order valence-electron chi connectivity index (χ0n) is 7.59. The molecule has 0 radical (unpaired) electrons. The van der Waals surface area contributed by atoms with E-state index in [1.165, 1.54) is 17.7 Å². The molecule has 1 aromatic rings. The summed E-state index contributed by atoms with van der Waals surface area (Å²) in [4.78, 5) is 2.11. The zero-order valence-corrected chi connectivity index (χ0v) is 9.99. The maximum Gasteiger partial charge on any atom is 0.0194 e. The van der Waals surface area contributed by atoms with Crippen molar-refractivity contribution in [3.63, 3.8) is 0 Å². The Morgan fingerprint density at radius 1 is 1.58 bits per heavy atom. The molecule has 0 spiro atoms. The molecule has 0 nitrogen and oxygen atoms in total. The molecule has 0 fully saturated rings. The van der Waals surface area contributed by atoms with E-state index in [-0.39, 0.29) is 0 Å². The smallest absolute Gasteiger partial charge is 0.0194 e. The predicted octanol–water partition coefficient (Wildman–Crippen LogP) is 4.42. The van der Waals surface area contributed by atoms with E-state index in [0.717, 1.165) is 0 Å². The van der Waals surface area contributed by atoms with Crippen LogP contribution in [0.3, 0.4) is 0 Å². The molecule has 0 aliphatic rings. The Labute approximate surface area is 87.1 Å². The molecular weight excluding hydrogens is 232 g/mol. The molecule has 0 aliphatic carbocycles. The average molecular weight is 247 g/mol. The van der Waals surface area contributed by atoms with Crippen LogP contribution >= 0.6 is 27.3 Å². The highest BCUT2D eigenvalue weighted by Gasteiger charge is 2.16. The van der Waals surface area contributed by atoms with Gasteiger partial charge in [0.2, 0.25) is 0 Å². The topological polar surface area (TPSA) is 0 Å². The van der Waals surface area contributed by atoms with Gasteiger partial charge in [-0.15, -0.1) is 11.3 Å². The summed E-state index contributed by atoms with van der Waals surface area (Å²) < 4.78 is 0. The molecular formula is C10H15BrS. The second-order valence-corrected chi connectivity index (χ2v) is 5.51. The Hall–Kier alpha value is 0.180. The van der Waals surface area contributed by atoms with Crippen LogP contribution in [0.5, 0.6) is 0 Å². The monoisotopic (exact) mass is 246 g/mol. The average Bonchev–Trinajstić information content (AvgIpc) is 2.51. The minimum absolute atomic E-state index is 0.594. The third-order valence-corrected chi connectivity index (χ3v) is 3.71. The fourth-order valence-corrected chi connectivity index (χ4v) is 3.10. The molecule has 0 saturated heterocycles. The van der Waals surface area contributed by atoms with Crippen LogP contribution in [0.1, 0.15) is 37.5 Å². The maximum atomic E-state index is 3.67. The van der Waals surface area contributed by atoms with Gasteiger partial charge in [-0.3, -0.25) is 0 Å². The lowest BCUT2D eigenvalue weighted by molar-refractivity contribution is 0.622. The van der Waals surface area contributed by atoms with Gasteiger partial charge in [0.1, 0.15) is 0 Å². The third-order valence-electron chi connectivity index (χ3n) is 2.06. The van der Waals surface area contributed by atoms with Gasteiger partial charge in [0.15, 0.2) is 0 Å². The summed E-state index contributed by atoms with van der Waals surface area (Å²) in [5, 5.41) is 2.16. The summed E-state index contributed by atoms with van der Waals surface area (Å²) in [5.74, 6) is 0.704. The quantitative estimate of drug-likeness (QED) is 0.691. The number of alkyl halides is 1. The van der Waals surface area contributed by atoms with Crippen LogP contribution in [-0.2, 0) is 0 Å². The van der Waals surface area contributed by atoms with Crippen molar-refractivity contribution in [3.8, 4) is 0 Å². The van der Waals surface area contributed by atoms with Crippen molar-refractivity contribution in [2.24, 2.45) is 0 Å². The molecule has 2 atom stereocenters. The van der Waals surface area contributed by atoms with E-state index in [1.54, 1.807) is 0 Å². The molecule has 2 unspecified atom stereocenters. The van der Waals surface area contributed by atoms with Crippen LogP contribution < -0.4 is 0 Å². The van der Waals surface area contributed by atoms with Gasteiger partial charge in [-0.1, -0.05) is 42.3 Å². The van der Waals surface area contributed by atoms with Crippen molar-refractivity contribution in [2.45, 2.75) is 37.4 Å². The van der Waals surface area contributed by atoms with Crippen molar-refractivity contribution in [2.75, 3.05) is 0 Å². The zero-order chi connectivity index (χ0) is 8.97. The Bertz CT molecular complexity index is 204. The predicted molar refractivity (Wildman–Crippen MR) is 60.4 cm³/mol. The summed E-state index contributed by atoms with van der Waals surface area (Å²) in [6, 6.07) is 4.38. The lowest BCUT2D eigenvalue weighted by Gasteiger charge is -2.16. The Balaban J connectivity index is 2.66. The second-order valence-electron chi connectivity index (χ2n) is 3.09. The van der Waals surface area contributed by atoms with E-state index >= 15 is 0 Å². The normalized spacial score (nSPS) is 15.9. The van der Waals surface area contributed by atoms with Gasteiger partial charge >= 0.3 is 0 Å². The van der Waals surface area contributed by atoms with Crippen LogP contribution in [0.2, 0.25) is 0 Å². The third kappa shape index (κ3) is 2.60. The number of rotatable bonds is 4. The second kappa shape index (κ2) is 5.03. The van der Waals surface area contributed by atoms with E-state index in [1.807, 2.05) is 11.3 Å². The van der Waals surface area contributed by atoms with Gasteiger partial charge in [-0.05, 0) is 17.9 Å². The standard InChI is InChI=1S/C10H15BrS/c1-3-5-9(8(2)11)10-6-4-7-12-10/h4,6-9H,3,5H2,1-2H3. The number of thiophene rings is 1. The van der Waals surface area contributed by atoms with E-state index < -0.39 is 0 Å². The Morgan fingerprint density at radius 2 is 2.33 bits per heavy atom. The minimum Gasteiger partial charge on any atom is -0.149 e. The van der Waals surface area contributed by atoms with Gasteiger partial charge in [0.05, 0.1) is 0 Å². The molecule has 2 heteroatoms. The largest absolute Gasteiger partial charge is 0.149 e.